The van der Waals surface area contributed by atoms with Crippen LogP contribution in [0.25, 0.3) is 65.0 Å². The van der Waals surface area contributed by atoms with Gasteiger partial charge in [-0.3, -0.25) is 0 Å². The lowest BCUT2D eigenvalue weighted by molar-refractivity contribution is 1.33. The van der Waals surface area contributed by atoms with Gasteiger partial charge in [-0.25, -0.2) is 0 Å². The SMILES string of the molecule is c1ccc(Nc2c3ccccc3c(-c3c4ccccc4c(N(c4ccccc4)c4cccc5ccccc45)c4ccccc34)c3ccccc23)cc1. The van der Waals surface area contributed by atoms with Crippen molar-refractivity contribution in [2.24, 2.45) is 0 Å². The minimum absolute atomic E-state index is 1.07. The number of para-hydroxylation sites is 2. The zero-order valence-electron chi connectivity index (χ0n) is 28.5. The Kier molecular flexibility index (Phi) is 7.18. The van der Waals surface area contributed by atoms with Gasteiger partial charge in [-0.1, -0.05) is 170 Å². The van der Waals surface area contributed by atoms with Crippen LogP contribution in [0.15, 0.2) is 200 Å². The smallest absolute Gasteiger partial charge is 0.0619 e. The third-order valence-corrected chi connectivity index (χ3v) is 10.4. The Morgan fingerprint density at radius 1 is 0.308 bits per heavy atom. The standard InChI is InChI=1S/C50H34N2/c1-3-20-35(21-4-1)51-49-42-29-13-9-25-38(42)47(39-26-10-14-30-43(39)49)48-40-27-11-15-31-44(40)50(45-32-16-12-28-41(45)48)52(36-22-5-2-6-23-36)46-33-17-19-34-18-7-8-24-37(34)46/h1-33,51H. The number of anilines is 5. The molecule has 0 saturated carbocycles. The van der Waals surface area contributed by atoms with Crippen molar-refractivity contribution in [2.45, 2.75) is 0 Å². The van der Waals surface area contributed by atoms with E-state index in [4.69, 9.17) is 0 Å². The van der Waals surface area contributed by atoms with E-state index in [9.17, 15) is 0 Å². The van der Waals surface area contributed by atoms with Crippen molar-refractivity contribution in [2.75, 3.05) is 10.2 Å². The third kappa shape index (κ3) is 4.80. The Hall–Kier alpha value is -6.90. The molecule has 0 heterocycles. The molecule has 2 nitrogen and oxygen atoms in total. The fraction of sp³-hybridized carbons (Fsp3) is 0. The molecule has 0 amide bonds. The van der Waals surface area contributed by atoms with Crippen molar-refractivity contribution >= 4 is 82.3 Å². The zero-order valence-corrected chi connectivity index (χ0v) is 28.5. The maximum absolute atomic E-state index is 3.81. The molecule has 52 heavy (non-hydrogen) atoms. The van der Waals surface area contributed by atoms with E-state index in [2.05, 4.69) is 210 Å². The maximum atomic E-state index is 3.81. The molecule has 10 rings (SSSR count). The quantitative estimate of drug-likeness (QED) is 0.178. The summed E-state index contributed by atoms with van der Waals surface area (Å²) in [5.41, 5.74) is 8.14. The average molecular weight is 663 g/mol. The van der Waals surface area contributed by atoms with Crippen molar-refractivity contribution in [3.05, 3.63) is 200 Å². The molecule has 0 atom stereocenters. The molecule has 10 aromatic rings. The van der Waals surface area contributed by atoms with Crippen LogP contribution in [0.2, 0.25) is 0 Å². The number of hydrogen-bond acceptors (Lipinski definition) is 2. The van der Waals surface area contributed by atoms with E-state index in [-0.39, 0.29) is 0 Å². The number of nitrogens with zero attached hydrogens (tertiary/aromatic N) is 1. The summed E-state index contributed by atoms with van der Waals surface area (Å²) < 4.78 is 0. The van der Waals surface area contributed by atoms with Crippen LogP contribution in [-0.2, 0) is 0 Å². The molecule has 0 saturated heterocycles. The maximum Gasteiger partial charge on any atom is 0.0619 e. The van der Waals surface area contributed by atoms with Gasteiger partial charge < -0.3 is 10.2 Å². The van der Waals surface area contributed by atoms with Gasteiger partial charge in [0.25, 0.3) is 0 Å². The first-order chi connectivity index (χ1) is 25.8. The average Bonchev–Trinajstić information content (AvgIpc) is 3.22. The van der Waals surface area contributed by atoms with Crippen LogP contribution in [0.3, 0.4) is 0 Å². The van der Waals surface area contributed by atoms with Gasteiger partial charge in [-0.05, 0) is 68.4 Å². The van der Waals surface area contributed by atoms with Gasteiger partial charge in [0.05, 0.1) is 17.1 Å². The van der Waals surface area contributed by atoms with Crippen molar-refractivity contribution in [3.63, 3.8) is 0 Å². The molecule has 1 N–H and O–H groups in total. The predicted molar refractivity (Wildman–Crippen MR) is 224 cm³/mol. The minimum Gasteiger partial charge on any atom is -0.355 e. The molecule has 0 aliphatic carbocycles. The van der Waals surface area contributed by atoms with E-state index in [0.29, 0.717) is 0 Å². The highest BCUT2D eigenvalue weighted by Crippen LogP contribution is 2.52. The number of rotatable bonds is 6. The molecule has 0 fully saturated rings. The van der Waals surface area contributed by atoms with Crippen LogP contribution in [0, 0.1) is 0 Å². The molecule has 0 spiro atoms. The molecule has 0 unspecified atom stereocenters. The first kappa shape index (κ1) is 30.0. The van der Waals surface area contributed by atoms with E-state index in [1.54, 1.807) is 0 Å². The minimum atomic E-state index is 1.07. The van der Waals surface area contributed by atoms with E-state index in [1.165, 1.54) is 70.7 Å². The molecular formula is C50H34N2. The molecule has 0 bridgehead atoms. The topological polar surface area (TPSA) is 15.3 Å². The Balaban J connectivity index is 1.35. The van der Waals surface area contributed by atoms with Crippen molar-refractivity contribution in [3.8, 4) is 11.1 Å². The number of hydrogen-bond donors (Lipinski definition) is 1. The summed E-state index contributed by atoms with van der Waals surface area (Å²) in [4.78, 5) is 2.47. The van der Waals surface area contributed by atoms with Crippen LogP contribution in [0.1, 0.15) is 0 Å². The molecule has 0 radical (unpaired) electrons. The molecular weight excluding hydrogens is 629 g/mol. The highest BCUT2D eigenvalue weighted by atomic mass is 15.1. The molecule has 2 heteroatoms. The van der Waals surface area contributed by atoms with E-state index < -0.39 is 0 Å². The summed E-state index contributed by atoms with van der Waals surface area (Å²) in [6.45, 7) is 0. The summed E-state index contributed by atoms with van der Waals surface area (Å²) in [6, 6.07) is 72.3. The van der Waals surface area contributed by atoms with Crippen LogP contribution >= 0.6 is 0 Å². The van der Waals surface area contributed by atoms with Gasteiger partial charge in [0, 0.05) is 38.3 Å². The molecule has 244 valence electrons. The summed E-state index contributed by atoms with van der Waals surface area (Å²) >= 11 is 0. The Bertz CT molecular complexity index is 2810. The zero-order chi connectivity index (χ0) is 34.4. The Morgan fingerprint density at radius 3 is 1.27 bits per heavy atom. The van der Waals surface area contributed by atoms with Gasteiger partial charge in [0.15, 0.2) is 0 Å². The second kappa shape index (κ2) is 12.5. The van der Waals surface area contributed by atoms with Gasteiger partial charge in [-0.15, -0.1) is 0 Å². The van der Waals surface area contributed by atoms with E-state index in [1.807, 2.05) is 0 Å². The highest BCUT2D eigenvalue weighted by Gasteiger charge is 2.25. The first-order valence-corrected chi connectivity index (χ1v) is 17.9. The predicted octanol–water partition coefficient (Wildman–Crippen LogP) is 14.3. The van der Waals surface area contributed by atoms with Gasteiger partial charge >= 0.3 is 0 Å². The second-order valence-electron chi connectivity index (χ2n) is 13.3. The lowest BCUT2D eigenvalue weighted by atomic mass is 9.84. The lowest BCUT2D eigenvalue weighted by Crippen LogP contribution is -2.12. The van der Waals surface area contributed by atoms with Crippen LogP contribution < -0.4 is 10.2 Å². The van der Waals surface area contributed by atoms with Gasteiger partial charge in [-0.2, -0.15) is 0 Å². The highest BCUT2D eigenvalue weighted by molar-refractivity contribution is 6.30. The monoisotopic (exact) mass is 662 g/mol. The second-order valence-corrected chi connectivity index (χ2v) is 13.3. The number of fused-ring (bicyclic) bond motifs is 5. The first-order valence-electron chi connectivity index (χ1n) is 17.9. The fourth-order valence-corrected chi connectivity index (χ4v) is 8.18. The lowest BCUT2D eigenvalue weighted by Gasteiger charge is -2.31. The van der Waals surface area contributed by atoms with Crippen LogP contribution in [-0.4, -0.2) is 0 Å². The fourth-order valence-electron chi connectivity index (χ4n) is 8.18. The largest absolute Gasteiger partial charge is 0.355 e. The molecule has 0 aromatic heterocycles. The number of nitrogens with one attached hydrogen (secondary N) is 1. The van der Waals surface area contributed by atoms with E-state index >= 15 is 0 Å². The summed E-state index contributed by atoms with van der Waals surface area (Å²) in [5, 5.41) is 15.9. The number of benzene rings is 10. The van der Waals surface area contributed by atoms with Crippen molar-refractivity contribution in [1.82, 2.24) is 0 Å². The van der Waals surface area contributed by atoms with Crippen molar-refractivity contribution < 1.29 is 0 Å². The van der Waals surface area contributed by atoms with Crippen molar-refractivity contribution in [1.29, 1.82) is 0 Å². The van der Waals surface area contributed by atoms with Crippen LogP contribution in [0.5, 0.6) is 0 Å². The van der Waals surface area contributed by atoms with Gasteiger partial charge in [0.2, 0.25) is 0 Å². The Morgan fingerprint density at radius 2 is 0.712 bits per heavy atom. The van der Waals surface area contributed by atoms with E-state index in [0.717, 1.165) is 22.7 Å². The molecule has 10 aromatic carbocycles. The Labute approximate surface area is 302 Å². The van der Waals surface area contributed by atoms with Crippen LogP contribution in [0.4, 0.5) is 28.4 Å². The molecule has 0 aliphatic heterocycles. The third-order valence-electron chi connectivity index (χ3n) is 10.4. The molecule has 0 aliphatic rings. The van der Waals surface area contributed by atoms with Gasteiger partial charge in [0.1, 0.15) is 0 Å². The summed E-state index contributed by atoms with van der Waals surface area (Å²) in [5.74, 6) is 0. The summed E-state index contributed by atoms with van der Waals surface area (Å²) in [7, 11) is 0. The normalized spacial score (nSPS) is 11.5. The summed E-state index contributed by atoms with van der Waals surface area (Å²) in [6.07, 6.45) is 0.